The van der Waals surface area contributed by atoms with Crippen LogP contribution in [-0.4, -0.2) is 29.5 Å². The molecule has 0 radical (unpaired) electrons. The maximum atomic E-state index is 5.63. The van der Waals surface area contributed by atoms with Gasteiger partial charge in [-0.3, -0.25) is 0 Å². The van der Waals surface area contributed by atoms with E-state index in [0.717, 1.165) is 12.5 Å². The fourth-order valence-corrected chi connectivity index (χ4v) is 1.79. The lowest BCUT2D eigenvalue weighted by Crippen LogP contribution is -2.35. The largest absolute Gasteiger partial charge is 0.393 e. The monoisotopic (exact) mass is 214 g/mol. The molecular weight excluding hydrogens is 192 g/mol. The zero-order valence-corrected chi connectivity index (χ0v) is 10.1. The van der Waals surface area contributed by atoms with Gasteiger partial charge >= 0.3 is 0 Å². The average Bonchev–Trinajstić information content (AvgIpc) is 2.88. The predicted molar refractivity (Wildman–Crippen MR) is 65.4 cm³/mol. The molecule has 0 aromatic heterocycles. The number of hydrogen-bond donors (Lipinski definition) is 1. The molecule has 2 N–H and O–H groups in total. The fraction of sp³-hybridized carbons (Fsp3) is 0.909. The highest BCUT2D eigenvalue weighted by molar-refractivity contribution is 7.80. The molecule has 0 spiro atoms. The Hall–Kier alpha value is -0.150. The van der Waals surface area contributed by atoms with E-state index in [2.05, 4.69) is 18.7 Å². The number of hydrogen-bond acceptors (Lipinski definition) is 2. The first-order valence-electron chi connectivity index (χ1n) is 5.65. The Bertz CT molecular complexity index is 190. The second-order valence-corrected chi connectivity index (χ2v) is 4.98. The summed E-state index contributed by atoms with van der Waals surface area (Å²) in [5, 5.41) is 0. The van der Waals surface area contributed by atoms with Gasteiger partial charge in [0.25, 0.3) is 0 Å². The molecule has 0 aromatic rings. The van der Waals surface area contributed by atoms with Crippen LogP contribution >= 0.6 is 12.2 Å². The molecule has 0 bridgehead atoms. The van der Waals surface area contributed by atoms with Gasteiger partial charge in [-0.25, -0.2) is 0 Å². The second-order valence-electron chi connectivity index (χ2n) is 4.51. The van der Waals surface area contributed by atoms with Gasteiger partial charge in [0.15, 0.2) is 0 Å². The molecule has 2 nitrogen and oxygen atoms in total. The lowest BCUT2D eigenvalue weighted by molar-refractivity contribution is 0.249. The van der Waals surface area contributed by atoms with Gasteiger partial charge in [0.05, 0.1) is 4.99 Å². The van der Waals surface area contributed by atoms with Gasteiger partial charge in [0.2, 0.25) is 0 Å². The van der Waals surface area contributed by atoms with Gasteiger partial charge in [-0.15, -0.1) is 0 Å². The van der Waals surface area contributed by atoms with E-state index in [1.807, 2.05) is 0 Å². The molecule has 14 heavy (non-hydrogen) atoms. The molecule has 0 aromatic carbocycles. The van der Waals surface area contributed by atoms with Crippen molar-refractivity contribution >= 4 is 17.2 Å². The molecule has 82 valence electrons. The molecule has 1 unspecified atom stereocenters. The SMILES string of the molecule is CCCN(CC1CC1)CC(C)C(N)=S. The van der Waals surface area contributed by atoms with Crippen molar-refractivity contribution in [1.29, 1.82) is 0 Å². The smallest absolute Gasteiger partial charge is 0.0768 e. The summed E-state index contributed by atoms with van der Waals surface area (Å²) >= 11 is 5.00. The highest BCUT2D eigenvalue weighted by atomic mass is 32.1. The van der Waals surface area contributed by atoms with E-state index >= 15 is 0 Å². The van der Waals surface area contributed by atoms with Crippen molar-refractivity contribution in [3.05, 3.63) is 0 Å². The standard InChI is InChI=1S/C11H22N2S/c1-3-6-13(8-10-4-5-10)7-9(2)11(12)14/h9-10H,3-8H2,1-2H3,(H2,12,14). The molecular formula is C11H22N2S. The molecule has 1 fully saturated rings. The zero-order valence-electron chi connectivity index (χ0n) is 9.33. The van der Waals surface area contributed by atoms with Crippen molar-refractivity contribution in [3.8, 4) is 0 Å². The summed E-state index contributed by atoms with van der Waals surface area (Å²) in [6.45, 7) is 7.83. The fourth-order valence-electron chi connectivity index (χ4n) is 1.72. The summed E-state index contributed by atoms with van der Waals surface area (Å²) in [5.41, 5.74) is 5.63. The van der Waals surface area contributed by atoms with E-state index in [9.17, 15) is 0 Å². The van der Waals surface area contributed by atoms with Crippen LogP contribution in [0.3, 0.4) is 0 Å². The third-order valence-corrected chi connectivity index (χ3v) is 3.17. The van der Waals surface area contributed by atoms with Crippen LogP contribution in [0.4, 0.5) is 0 Å². The molecule has 1 aliphatic carbocycles. The second kappa shape index (κ2) is 5.66. The topological polar surface area (TPSA) is 29.3 Å². The Morgan fingerprint density at radius 1 is 1.57 bits per heavy atom. The first kappa shape index (κ1) is 11.9. The summed E-state index contributed by atoms with van der Waals surface area (Å²) in [5.74, 6) is 1.32. The minimum absolute atomic E-state index is 0.357. The van der Waals surface area contributed by atoms with Crippen LogP contribution in [0.5, 0.6) is 0 Å². The normalized spacial score (nSPS) is 18.5. The highest BCUT2D eigenvalue weighted by Crippen LogP contribution is 2.29. The molecule has 0 aliphatic heterocycles. The Balaban J connectivity index is 2.28. The minimum atomic E-state index is 0.357. The first-order chi connectivity index (χ1) is 6.63. The van der Waals surface area contributed by atoms with Crippen LogP contribution < -0.4 is 5.73 Å². The maximum Gasteiger partial charge on any atom is 0.0768 e. The van der Waals surface area contributed by atoms with Crippen molar-refractivity contribution in [2.45, 2.75) is 33.1 Å². The third kappa shape index (κ3) is 4.38. The van der Waals surface area contributed by atoms with Gasteiger partial charge < -0.3 is 10.6 Å². The summed E-state index contributed by atoms with van der Waals surface area (Å²) in [6.07, 6.45) is 4.06. The van der Waals surface area contributed by atoms with E-state index in [1.54, 1.807) is 0 Å². The van der Waals surface area contributed by atoms with Gasteiger partial charge in [0, 0.05) is 19.0 Å². The van der Waals surface area contributed by atoms with E-state index in [0.29, 0.717) is 10.9 Å². The van der Waals surface area contributed by atoms with Crippen LogP contribution in [0.1, 0.15) is 33.1 Å². The van der Waals surface area contributed by atoms with Crippen molar-refractivity contribution < 1.29 is 0 Å². The summed E-state index contributed by atoms with van der Waals surface area (Å²) in [6, 6.07) is 0. The highest BCUT2D eigenvalue weighted by Gasteiger charge is 2.24. The molecule has 1 rings (SSSR count). The number of nitrogens with two attached hydrogens (primary N) is 1. The molecule has 1 aliphatic rings. The van der Waals surface area contributed by atoms with Crippen LogP contribution in [-0.2, 0) is 0 Å². The van der Waals surface area contributed by atoms with Crippen molar-refractivity contribution in [2.75, 3.05) is 19.6 Å². The van der Waals surface area contributed by atoms with Gasteiger partial charge in [-0.05, 0) is 31.7 Å². The van der Waals surface area contributed by atoms with Crippen LogP contribution in [0, 0.1) is 11.8 Å². The van der Waals surface area contributed by atoms with Crippen LogP contribution in [0.25, 0.3) is 0 Å². The lowest BCUT2D eigenvalue weighted by Gasteiger charge is -2.24. The van der Waals surface area contributed by atoms with Crippen LogP contribution in [0.2, 0.25) is 0 Å². The molecule has 1 saturated carbocycles. The molecule has 0 saturated heterocycles. The third-order valence-electron chi connectivity index (χ3n) is 2.77. The molecule has 1 atom stereocenters. The number of rotatable bonds is 7. The summed E-state index contributed by atoms with van der Waals surface area (Å²) in [4.78, 5) is 3.17. The number of nitrogens with zero attached hydrogens (tertiary/aromatic N) is 1. The van der Waals surface area contributed by atoms with Crippen molar-refractivity contribution in [1.82, 2.24) is 4.90 Å². The van der Waals surface area contributed by atoms with E-state index in [-0.39, 0.29) is 0 Å². The average molecular weight is 214 g/mol. The molecule has 0 heterocycles. The van der Waals surface area contributed by atoms with Crippen molar-refractivity contribution in [3.63, 3.8) is 0 Å². The maximum absolute atomic E-state index is 5.63. The Morgan fingerprint density at radius 2 is 2.21 bits per heavy atom. The quantitative estimate of drug-likeness (QED) is 0.658. The van der Waals surface area contributed by atoms with Gasteiger partial charge in [-0.2, -0.15) is 0 Å². The summed E-state index contributed by atoms with van der Waals surface area (Å²) in [7, 11) is 0. The first-order valence-corrected chi connectivity index (χ1v) is 6.06. The van der Waals surface area contributed by atoms with Gasteiger partial charge in [-0.1, -0.05) is 26.1 Å². The van der Waals surface area contributed by atoms with E-state index in [1.165, 1.54) is 32.4 Å². The van der Waals surface area contributed by atoms with Crippen LogP contribution in [0.15, 0.2) is 0 Å². The van der Waals surface area contributed by atoms with E-state index < -0.39 is 0 Å². The van der Waals surface area contributed by atoms with Gasteiger partial charge in [0.1, 0.15) is 0 Å². The lowest BCUT2D eigenvalue weighted by atomic mass is 10.1. The summed E-state index contributed by atoms with van der Waals surface area (Å²) < 4.78 is 0. The Labute approximate surface area is 92.8 Å². The molecule has 0 amide bonds. The van der Waals surface area contributed by atoms with E-state index in [4.69, 9.17) is 18.0 Å². The molecule has 3 heteroatoms. The number of thiocarbonyl (C=S) groups is 1. The predicted octanol–water partition coefficient (Wildman–Crippen LogP) is 2.03. The minimum Gasteiger partial charge on any atom is -0.393 e. The van der Waals surface area contributed by atoms with Crippen molar-refractivity contribution in [2.24, 2.45) is 17.6 Å². The zero-order chi connectivity index (χ0) is 10.6. The Kier molecular flexibility index (Phi) is 4.82. The Morgan fingerprint density at radius 3 is 2.64 bits per heavy atom.